The fraction of sp³-hybridized carbons (Fsp3) is 0.583. The first-order valence-electron chi connectivity index (χ1n) is 6.22. The van der Waals surface area contributed by atoms with Gasteiger partial charge in [0.1, 0.15) is 0 Å². The van der Waals surface area contributed by atoms with Gasteiger partial charge >= 0.3 is 12.0 Å². The van der Waals surface area contributed by atoms with Crippen molar-refractivity contribution < 1.29 is 14.7 Å². The summed E-state index contributed by atoms with van der Waals surface area (Å²) in [5.74, 6) is -0.882. The van der Waals surface area contributed by atoms with E-state index in [0.29, 0.717) is 18.0 Å². The first-order chi connectivity index (χ1) is 8.99. The molecule has 1 heterocycles. The highest BCUT2D eigenvalue weighted by atomic mass is 32.1. The van der Waals surface area contributed by atoms with Crippen LogP contribution in [0.3, 0.4) is 0 Å². The van der Waals surface area contributed by atoms with Crippen molar-refractivity contribution >= 4 is 28.5 Å². The molecule has 2 amide bonds. The van der Waals surface area contributed by atoms with Gasteiger partial charge in [-0.05, 0) is 19.8 Å². The van der Waals surface area contributed by atoms with E-state index in [2.05, 4.69) is 15.6 Å². The van der Waals surface area contributed by atoms with Crippen molar-refractivity contribution in [2.75, 3.05) is 5.32 Å². The third-order valence-electron chi connectivity index (χ3n) is 3.27. The van der Waals surface area contributed by atoms with E-state index < -0.39 is 11.5 Å². The molecular weight excluding hydrogens is 266 g/mol. The van der Waals surface area contributed by atoms with Crippen molar-refractivity contribution in [1.29, 1.82) is 0 Å². The Balaban J connectivity index is 1.97. The van der Waals surface area contributed by atoms with E-state index in [1.807, 2.05) is 12.3 Å². The van der Waals surface area contributed by atoms with Crippen LogP contribution in [0.2, 0.25) is 0 Å². The number of amides is 2. The van der Waals surface area contributed by atoms with Crippen LogP contribution in [0.25, 0.3) is 0 Å². The maximum Gasteiger partial charge on any atom is 0.321 e. The lowest BCUT2D eigenvalue weighted by Crippen LogP contribution is -2.49. The second-order valence-electron chi connectivity index (χ2n) is 4.93. The highest BCUT2D eigenvalue weighted by molar-refractivity contribution is 7.13. The Morgan fingerprint density at radius 1 is 1.47 bits per heavy atom. The lowest BCUT2D eigenvalue weighted by molar-refractivity contribution is -0.138. The quantitative estimate of drug-likeness (QED) is 0.791. The van der Waals surface area contributed by atoms with Gasteiger partial charge in [-0.2, -0.15) is 0 Å². The molecule has 2 rings (SSSR count). The van der Waals surface area contributed by atoms with Gasteiger partial charge in [-0.1, -0.05) is 12.8 Å². The lowest BCUT2D eigenvalue weighted by Gasteiger charge is -2.28. The minimum atomic E-state index is -0.882. The summed E-state index contributed by atoms with van der Waals surface area (Å²) in [6, 6.07) is -0.377. The fourth-order valence-corrected chi connectivity index (χ4v) is 3.15. The number of hydrogen-bond donors (Lipinski definition) is 3. The Bertz CT molecular complexity index is 480. The molecule has 1 aromatic rings. The summed E-state index contributed by atoms with van der Waals surface area (Å²) < 4.78 is 0. The average molecular weight is 283 g/mol. The van der Waals surface area contributed by atoms with E-state index >= 15 is 0 Å². The number of carboxylic acids is 1. The molecule has 3 N–H and O–H groups in total. The number of aryl methyl sites for hydroxylation is 1. The largest absolute Gasteiger partial charge is 0.481 e. The number of carbonyl (C=O) groups is 2. The molecule has 1 saturated carbocycles. The number of anilines is 1. The first-order valence-corrected chi connectivity index (χ1v) is 7.10. The Morgan fingerprint density at radius 3 is 2.68 bits per heavy atom. The summed E-state index contributed by atoms with van der Waals surface area (Å²) >= 11 is 1.35. The molecule has 0 aromatic carbocycles. The van der Waals surface area contributed by atoms with Gasteiger partial charge < -0.3 is 10.4 Å². The summed E-state index contributed by atoms with van der Waals surface area (Å²) in [5, 5.41) is 16.8. The predicted molar refractivity (Wildman–Crippen MR) is 72.5 cm³/mol. The number of nitrogens with one attached hydrogen (secondary N) is 2. The zero-order valence-electron chi connectivity index (χ0n) is 10.7. The lowest BCUT2D eigenvalue weighted by atomic mass is 9.93. The van der Waals surface area contributed by atoms with E-state index in [-0.39, 0.29) is 12.5 Å². The molecule has 1 fully saturated rings. The van der Waals surface area contributed by atoms with E-state index in [9.17, 15) is 9.59 Å². The maximum atomic E-state index is 11.9. The molecule has 0 bridgehead atoms. The highest BCUT2D eigenvalue weighted by Crippen LogP contribution is 2.32. The van der Waals surface area contributed by atoms with Crippen LogP contribution in [0.1, 0.15) is 37.8 Å². The fourth-order valence-electron chi connectivity index (χ4n) is 2.47. The summed E-state index contributed by atoms with van der Waals surface area (Å²) in [5.41, 5.74) is 0.240. The van der Waals surface area contributed by atoms with Crippen LogP contribution in [0, 0.1) is 6.92 Å². The van der Waals surface area contributed by atoms with Crippen LogP contribution in [0.4, 0.5) is 9.93 Å². The van der Waals surface area contributed by atoms with Crippen molar-refractivity contribution in [3.05, 3.63) is 11.1 Å². The van der Waals surface area contributed by atoms with E-state index in [1.54, 1.807) is 0 Å². The van der Waals surface area contributed by atoms with E-state index in [4.69, 9.17) is 5.11 Å². The molecular formula is C12H17N3O3S. The SMILES string of the molecule is Cc1csc(NC(=O)NC2(CC(=O)O)CCCC2)n1. The maximum absolute atomic E-state index is 11.9. The van der Waals surface area contributed by atoms with Crippen molar-refractivity contribution in [1.82, 2.24) is 10.3 Å². The van der Waals surface area contributed by atoms with Gasteiger partial charge in [0.05, 0.1) is 17.7 Å². The Labute approximate surface area is 115 Å². The van der Waals surface area contributed by atoms with Crippen molar-refractivity contribution in [2.45, 2.75) is 44.6 Å². The smallest absolute Gasteiger partial charge is 0.321 e. The summed E-state index contributed by atoms with van der Waals surface area (Å²) in [6.45, 7) is 1.85. The molecule has 104 valence electrons. The normalized spacial score (nSPS) is 17.1. The van der Waals surface area contributed by atoms with Gasteiger partial charge in [-0.15, -0.1) is 11.3 Å². The van der Waals surface area contributed by atoms with E-state index in [1.165, 1.54) is 11.3 Å². The Hall–Kier alpha value is -1.63. The molecule has 1 aliphatic rings. The molecule has 1 aromatic heterocycles. The molecule has 0 aliphatic heterocycles. The van der Waals surface area contributed by atoms with Crippen molar-refractivity contribution in [3.8, 4) is 0 Å². The standard InChI is InChI=1S/C12H17N3O3S/c1-8-7-19-11(13-8)14-10(18)15-12(6-9(16)17)4-2-3-5-12/h7H,2-6H2,1H3,(H,16,17)(H2,13,14,15,18). The first kappa shape index (κ1) is 13.8. The number of rotatable bonds is 4. The molecule has 0 unspecified atom stereocenters. The molecule has 0 saturated heterocycles. The number of urea groups is 1. The minimum Gasteiger partial charge on any atom is -0.481 e. The number of aromatic nitrogens is 1. The summed E-state index contributed by atoms with van der Waals surface area (Å²) in [7, 11) is 0. The van der Waals surface area contributed by atoms with Crippen LogP contribution < -0.4 is 10.6 Å². The monoisotopic (exact) mass is 283 g/mol. The summed E-state index contributed by atoms with van der Waals surface area (Å²) in [4.78, 5) is 27.0. The number of nitrogens with zero attached hydrogens (tertiary/aromatic N) is 1. The van der Waals surface area contributed by atoms with Crippen LogP contribution in [0.15, 0.2) is 5.38 Å². The van der Waals surface area contributed by atoms with Gasteiger partial charge in [0.2, 0.25) is 0 Å². The molecule has 19 heavy (non-hydrogen) atoms. The van der Waals surface area contributed by atoms with Crippen LogP contribution >= 0.6 is 11.3 Å². The van der Waals surface area contributed by atoms with E-state index in [0.717, 1.165) is 18.5 Å². The second kappa shape index (κ2) is 5.56. The van der Waals surface area contributed by atoms with Gasteiger partial charge in [-0.25, -0.2) is 9.78 Å². The van der Waals surface area contributed by atoms with Gasteiger partial charge in [0.15, 0.2) is 5.13 Å². The summed E-state index contributed by atoms with van der Waals surface area (Å²) in [6.07, 6.45) is 3.29. The second-order valence-corrected chi connectivity index (χ2v) is 5.79. The van der Waals surface area contributed by atoms with Gasteiger partial charge in [0, 0.05) is 5.38 Å². The number of aliphatic carboxylic acids is 1. The van der Waals surface area contributed by atoms with Crippen LogP contribution in [-0.4, -0.2) is 27.6 Å². The average Bonchev–Trinajstić information content (AvgIpc) is 2.87. The number of carbonyl (C=O) groups excluding carboxylic acids is 1. The molecule has 0 spiro atoms. The van der Waals surface area contributed by atoms with Gasteiger partial charge in [0.25, 0.3) is 0 Å². The molecule has 6 nitrogen and oxygen atoms in total. The molecule has 7 heteroatoms. The third-order valence-corrected chi connectivity index (χ3v) is 4.14. The van der Waals surface area contributed by atoms with Gasteiger partial charge in [-0.3, -0.25) is 10.1 Å². The number of carboxylic acid groups (broad SMARTS) is 1. The van der Waals surface area contributed by atoms with Crippen LogP contribution in [-0.2, 0) is 4.79 Å². The van der Waals surface area contributed by atoms with Crippen molar-refractivity contribution in [2.24, 2.45) is 0 Å². The zero-order valence-corrected chi connectivity index (χ0v) is 11.5. The minimum absolute atomic E-state index is 0.0304. The predicted octanol–water partition coefficient (Wildman–Crippen LogP) is 2.36. The third kappa shape index (κ3) is 3.66. The molecule has 0 radical (unpaired) electrons. The molecule has 0 atom stereocenters. The number of hydrogen-bond acceptors (Lipinski definition) is 4. The zero-order chi connectivity index (χ0) is 13.9. The Kier molecular flexibility index (Phi) is 4.04. The Morgan fingerprint density at radius 2 is 2.16 bits per heavy atom. The molecule has 1 aliphatic carbocycles. The van der Waals surface area contributed by atoms with Crippen LogP contribution in [0.5, 0.6) is 0 Å². The number of thiazole rings is 1. The topological polar surface area (TPSA) is 91.3 Å². The van der Waals surface area contributed by atoms with Crippen molar-refractivity contribution in [3.63, 3.8) is 0 Å². The highest BCUT2D eigenvalue weighted by Gasteiger charge is 2.37.